The van der Waals surface area contributed by atoms with E-state index in [-0.39, 0.29) is 19.7 Å². The molecule has 0 saturated heterocycles. The predicted octanol–water partition coefficient (Wildman–Crippen LogP) is 4.19. The SMILES string of the molecule is C.N#CCc1ccc(-c2ccccc2)c(F)c1. The highest BCUT2D eigenvalue weighted by atomic mass is 19.1. The minimum atomic E-state index is -0.279. The van der Waals surface area contributed by atoms with Crippen LogP contribution in [0.1, 0.15) is 13.0 Å². The second-order valence-corrected chi connectivity index (χ2v) is 3.52. The number of nitriles is 1. The zero-order valence-electron chi connectivity index (χ0n) is 8.65. The van der Waals surface area contributed by atoms with E-state index in [0.29, 0.717) is 11.1 Å². The van der Waals surface area contributed by atoms with Gasteiger partial charge in [0.05, 0.1) is 12.5 Å². The molecular weight excluding hydrogens is 213 g/mol. The molecule has 0 aliphatic carbocycles. The molecular formula is C15H14FN. The van der Waals surface area contributed by atoms with E-state index in [1.807, 2.05) is 36.4 Å². The summed E-state index contributed by atoms with van der Waals surface area (Å²) in [6, 6.07) is 16.3. The van der Waals surface area contributed by atoms with Crippen LogP contribution in [0, 0.1) is 17.1 Å². The molecule has 17 heavy (non-hydrogen) atoms. The number of nitrogens with zero attached hydrogens (tertiary/aromatic N) is 1. The molecule has 0 fully saturated rings. The van der Waals surface area contributed by atoms with Crippen molar-refractivity contribution < 1.29 is 4.39 Å². The van der Waals surface area contributed by atoms with Gasteiger partial charge in [-0.3, -0.25) is 0 Å². The highest BCUT2D eigenvalue weighted by molar-refractivity contribution is 5.64. The molecule has 0 saturated carbocycles. The maximum atomic E-state index is 13.7. The minimum Gasteiger partial charge on any atom is -0.206 e. The highest BCUT2D eigenvalue weighted by Gasteiger charge is 2.05. The van der Waals surface area contributed by atoms with Gasteiger partial charge in [-0.2, -0.15) is 5.26 Å². The fourth-order valence-electron chi connectivity index (χ4n) is 1.61. The van der Waals surface area contributed by atoms with E-state index in [9.17, 15) is 4.39 Å². The molecule has 2 aromatic rings. The molecule has 2 aromatic carbocycles. The van der Waals surface area contributed by atoms with Crippen LogP contribution in [0.5, 0.6) is 0 Å². The third kappa shape index (κ3) is 2.92. The highest BCUT2D eigenvalue weighted by Crippen LogP contribution is 2.23. The van der Waals surface area contributed by atoms with Gasteiger partial charge in [-0.25, -0.2) is 4.39 Å². The average Bonchev–Trinajstić information content (AvgIpc) is 2.31. The molecule has 0 bridgehead atoms. The second-order valence-electron chi connectivity index (χ2n) is 3.52. The topological polar surface area (TPSA) is 23.8 Å². The Hall–Kier alpha value is -2.14. The van der Waals surface area contributed by atoms with Crippen LogP contribution in [-0.2, 0) is 6.42 Å². The van der Waals surface area contributed by atoms with Crippen molar-refractivity contribution in [1.82, 2.24) is 0 Å². The van der Waals surface area contributed by atoms with Crippen LogP contribution in [0.25, 0.3) is 11.1 Å². The van der Waals surface area contributed by atoms with Gasteiger partial charge in [0, 0.05) is 5.56 Å². The van der Waals surface area contributed by atoms with Gasteiger partial charge in [0.25, 0.3) is 0 Å². The van der Waals surface area contributed by atoms with Gasteiger partial charge in [0.1, 0.15) is 5.82 Å². The average molecular weight is 227 g/mol. The summed E-state index contributed by atoms with van der Waals surface area (Å²) in [6.45, 7) is 0. The summed E-state index contributed by atoms with van der Waals surface area (Å²) in [6.07, 6.45) is 0.242. The third-order valence-electron chi connectivity index (χ3n) is 2.40. The molecule has 0 heterocycles. The van der Waals surface area contributed by atoms with Crippen LogP contribution in [0.3, 0.4) is 0 Å². The van der Waals surface area contributed by atoms with E-state index in [0.717, 1.165) is 5.56 Å². The van der Waals surface area contributed by atoms with Crippen LogP contribution >= 0.6 is 0 Å². The molecule has 86 valence electrons. The Kier molecular flexibility index (Phi) is 4.42. The lowest BCUT2D eigenvalue weighted by Crippen LogP contribution is -1.88. The molecule has 1 nitrogen and oxygen atoms in total. The molecule has 2 heteroatoms. The maximum Gasteiger partial charge on any atom is 0.131 e. The van der Waals surface area contributed by atoms with Crippen molar-refractivity contribution >= 4 is 0 Å². The molecule has 0 aliphatic heterocycles. The summed E-state index contributed by atoms with van der Waals surface area (Å²) in [7, 11) is 0. The quantitative estimate of drug-likeness (QED) is 0.754. The number of hydrogen-bond acceptors (Lipinski definition) is 1. The standard InChI is InChI=1S/C14H10FN.CH4/c15-14-10-11(8-9-16)6-7-13(14)12-4-2-1-3-5-12;/h1-7,10H,8H2;1H4. The van der Waals surface area contributed by atoms with Crippen molar-refractivity contribution in [2.75, 3.05) is 0 Å². The lowest BCUT2D eigenvalue weighted by molar-refractivity contribution is 0.629. The van der Waals surface area contributed by atoms with Gasteiger partial charge in [-0.1, -0.05) is 49.9 Å². The van der Waals surface area contributed by atoms with Crippen LogP contribution in [0.2, 0.25) is 0 Å². The molecule has 0 aromatic heterocycles. The molecule has 0 spiro atoms. The monoisotopic (exact) mass is 227 g/mol. The maximum absolute atomic E-state index is 13.7. The number of halogens is 1. The molecule has 0 unspecified atom stereocenters. The minimum absolute atomic E-state index is 0. The zero-order chi connectivity index (χ0) is 11.4. The molecule has 0 amide bonds. The fraction of sp³-hybridized carbons (Fsp3) is 0.133. The number of benzene rings is 2. The van der Waals surface area contributed by atoms with Crippen molar-refractivity contribution in [2.24, 2.45) is 0 Å². The summed E-state index contributed by atoms with van der Waals surface area (Å²) in [4.78, 5) is 0. The summed E-state index contributed by atoms with van der Waals surface area (Å²) in [5.41, 5.74) is 2.13. The Morgan fingerprint density at radius 3 is 2.35 bits per heavy atom. The van der Waals surface area contributed by atoms with E-state index in [4.69, 9.17) is 5.26 Å². The van der Waals surface area contributed by atoms with Crippen molar-refractivity contribution in [3.8, 4) is 17.2 Å². The normalized spacial score (nSPS) is 9.18. The third-order valence-corrected chi connectivity index (χ3v) is 2.40. The lowest BCUT2D eigenvalue weighted by Gasteiger charge is -2.04. The van der Waals surface area contributed by atoms with Gasteiger partial charge < -0.3 is 0 Å². The molecule has 0 N–H and O–H groups in total. The van der Waals surface area contributed by atoms with Crippen LogP contribution < -0.4 is 0 Å². The van der Waals surface area contributed by atoms with Crippen molar-refractivity contribution in [1.29, 1.82) is 5.26 Å². The van der Waals surface area contributed by atoms with Gasteiger partial charge in [-0.05, 0) is 17.2 Å². The van der Waals surface area contributed by atoms with Crippen LogP contribution in [-0.4, -0.2) is 0 Å². The van der Waals surface area contributed by atoms with Gasteiger partial charge in [0.2, 0.25) is 0 Å². The Labute approximate surface area is 101 Å². The van der Waals surface area contributed by atoms with Crippen molar-refractivity contribution in [3.63, 3.8) is 0 Å². The summed E-state index contributed by atoms with van der Waals surface area (Å²) >= 11 is 0. The predicted molar refractivity (Wildman–Crippen MR) is 67.9 cm³/mol. The van der Waals surface area contributed by atoms with Crippen molar-refractivity contribution in [3.05, 3.63) is 59.9 Å². The van der Waals surface area contributed by atoms with E-state index >= 15 is 0 Å². The van der Waals surface area contributed by atoms with E-state index < -0.39 is 0 Å². The first-order valence-corrected chi connectivity index (χ1v) is 5.02. The first-order valence-electron chi connectivity index (χ1n) is 5.02. The second kappa shape index (κ2) is 5.81. The van der Waals surface area contributed by atoms with Gasteiger partial charge in [-0.15, -0.1) is 0 Å². The Morgan fingerprint density at radius 2 is 1.76 bits per heavy atom. The fourth-order valence-corrected chi connectivity index (χ4v) is 1.61. The zero-order valence-corrected chi connectivity index (χ0v) is 8.65. The Bertz CT molecular complexity index is 526. The van der Waals surface area contributed by atoms with Crippen molar-refractivity contribution in [2.45, 2.75) is 13.8 Å². The Balaban J connectivity index is 0.00000144. The largest absolute Gasteiger partial charge is 0.206 e. The lowest BCUT2D eigenvalue weighted by atomic mass is 10.0. The van der Waals surface area contributed by atoms with E-state index in [1.165, 1.54) is 6.07 Å². The van der Waals surface area contributed by atoms with Gasteiger partial charge in [0.15, 0.2) is 0 Å². The molecule has 0 radical (unpaired) electrons. The molecule has 0 atom stereocenters. The van der Waals surface area contributed by atoms with E-state index in [1.54, 1.807) is 12.1 Å². The molecule has 0 aliphatic rings. The first kappa shape index (κ1) is 12.9. The summed E-state index contributed by atoms with van der Waals surface area (Å²) in [5.74, 6) is -0.279. The Morgan fingerprint density at radius 1 is 1.06 bits per heavy atom. The summed E-state index contributed by atoms with van der Waals surface area (Å²) in [5, 5.41) is 8.52. The first-order chi connectivity index (χ1) is 7.81. The van der Waals surface area contributed by atoms with Crippen LogP contribution in [0.4, 0.5) is 4.39 Å². The molecule has 2 rings (SSSR count). The van der Waals surface area contributed by atoms with E-state index in [2.05, 4.69) is 0 Å². The smallest absolute Gasteiger partial charge is 0.131 e. The van der Waals surface area contributed by atoms with Crippen LogP contribution in [0.15, 0.2) is 48.5 Å². The summed E-state index contributed by atoms with van der Waals surface area (Å²) < 4.78 is 13.7. The van der Waals surface area contributed by atoms with Gasteiger partial charge >= 0.3 is 0 Å². The number of rotatable bonds is 2. The number of hydrogen-bond donors (Lipinski definition) is 0.